The Morgan fingerprint density at radius 1 is 1.12 bits per heavy atom. The third-order valence-electron chi connectivity index (χ3n) is 2.52. The van der Waals surface area contributed by atoms with Gasteiger partial charge in [-0.25, -0.2) is 0 Å². The molecule has 4 heteroatoms. The van der Waals surface area contributed by atoms with Gasteiger partial charge in [-0.2, -0.15) is 11.8 Å². The molecule has 0 saturated carbocycles. The third-order valence-corrected chi connectivity index (χ3v) is 3.13. The van der Waals surface area contributed by atoms with Crippen LogP contribution in [0, 0.1) is 0 Å². The fourth-order valence-corrected chi connectivity index (χ4v) is 1.92. The van der Waals surface area contributed by atoms with Crippen molar-refractivity contribution in [1.29, 1.82) is 0 Å². The van der Waals surface area contributed by atoms with Crippen LogP contribution in [0.15, 0.2) is 18.2 Å². The van der Waals surface area contributed by atoms with Crippen LogP contribution in [-0.4, -0.2) is 39.3 Å². The molecular formula is C13H21NO2S. The molecule has 1 rings (SSSR count). The zero-order valence-electron chi connectivity index (χ0n) is 10.8. The van der Waals surface area contributed by atoms with Gasteiger partial charge in [0.1, 0.15) is 0 Å². The van der Waals surface area contributed by atoms with E-state index in [4.69, 9.17) is 9.47 Å². The SMILES string of the molecule is COc1ccc(CCNCCSC)cc1OC. The third kappa shape index (κ3) is 4.88. The van der Waals surface area contributed by atoms with Crippen LogP contribution in [-0.2, 0) is 6.42 Å². The van der Waals surface area contributed by atoms with Gasteiger partial charge in [0.2, 0.25) is 0 Å². The Kier molecular flexibility index (Phi) is 6.89. The highest BCUT2D eigenvalue weighted by molar-refractivity contribution is 7.98. The highest BCUT2D eigenvalue weighted by Gasteiger charge is 2.03. The number of methoxy groups -OCH3 is 2. The van der Waals surface area contributed by atoms with E-state index in [0.29, 0.717) is 0 Å². The largest absolute Gasteiger partial charge is 0.493 e. The lowest BCUT2D eigenvalue weighted by atomic mass is 10.1. The molecule has 0 fully saturated rings. The zero-order chi connectivity index (χ0) is 12.5. The van der Waals surface area contributed by atoms with E-state index in [2.05, 4.69) is 17.6 Å². The second kappa shape index (κ2) is 8.25. The molecule has 0 radical (unpaired) electrons. The predicted octanol–water partition coefficient (Wildman–Crippen LogP) is 2.20. The lowest BCUT2D eigenvalue weighted by Crippen LogP contribution is -2.19. The van der Waals surface area contributed by atoms with Crippen molar-refractivity contribution in [3.63, 3.8) is 0 Å². The lowest BCUT2D eigenvalue weighted by molar-refractivity contribution is 0.354. The molecule has 0 heterocycles. The number of nitrogens with one attached hydrogen (secondary N) is 1. The van der Waals surface area contributed by atoms with Crippen LogP contribution in [0.4, 0.5) is 0 Å². The van der Waals surface area contributed by atoms with E-state index >= 15 is 0 Å². The summed E-state index contributed by atoms with van der Waals surface area (Å²) in [5.41, 5.74) is 1.26. The summed E-state index contributed by atoms with van der Waals surface area (Å²) >= 11 is 1.86. The number of hydrogen-bond donors (Lipinski definition) is 1. The van der Waals surface area contributed by atoms with Crippen molar-refractivity contribution in [2.45, 2.75) is 6.42 Å². The van der Waals surface area contributed by atoms with E-state index in [9.17, 15) is 0 Å². The number of benzene rings is 1. The minimum absolute atomic E-state index is 0.784. The maximum atomic E-state index is 5.27. The summed E-state index contributed by atoms with van der Waals surface area (Å²) in [6.45, 7) is 2.06. The fourth-order valence-electron chi connectivity index (χ4n) is 1.57. The van der Waals surface area contributed by atoms with Crippen molar-refractivity contribution in [3.05, 3.63) is 23.8 Å². The summed E-state index contributed by atoms with van der Waals surface area (Å²) in [5.74, 6) is 2.74. The summed E-state index contributed by atoms with van der Waals surface area (Å²) in [7, 11) is 3.32. The van der Waals surface area contributed by atoms with Gasteiger partial charge in [-0.3, -0.25) is 0 Å². The summed E-state index contributed by atoms with van der Waals surface area (Å²) in [6, 6.07) is 6.07. The molecule has 0 spiro atoms. The predicted molar refractivity (Wildman–Crippen MR) is 74.5 cm³/mol. The molecule has 0 aliphatic carbocycles. The molecule has 0 atom stereocenters. The van der Waals surface area contributed by atoms with Crippen molar-refractivity contribution in [2.24, 2.45) is 0 Å². The molecule has 0 aromatic heterocycles. The van der Waals surface area contributed by atoms with Gasteiger partial charge in [-0.05, 0) is 36.9 Å². The molecule has 0 amide bonds. The molecule has 1 N–H and O–H groups in total. The average molecular weight is 255 g/mol. The maximum Gasteiger partial charge on any atom is 0.160 e. The second-order valence-electron chi connectivity index (χ2n) is 3.68. The Morgan fingerprint density at radius 2 is 1.88 bits per heavy atom. The van der Waals surface area contributed by atoms with E-state index in [1.807, 2.05) is 23.9 Å². The van der Waals surface area contributed by atoms with Crippen LogP contribution in [0.5, 0.6) is 11.5 Å². The first kappa shape index (κ1) is 14.2. The molecule has 1 aromatic carbocycles. The van der Waals surface area contributed by atoms with Gasteiger partial charge in [0.25, 0.3) is 0 Å². The minimum Gasteiger partial charge on any atom is -0.493 e. The van der Waals surface area contributed by atoms with Crippen LogP contribution < -0.4 is 14.8 Å². The van der Waals surface area contributed by atoms with Crippen LogP contribution in [0.2, 0.25) is 0 Å². The summed E-state index contributed by atoms with van der Waals surface area (Å²) < 4.78 is 10.5. The quantitative estimate of drug-likeness (QED) is 0.721. The first-order valence-electron chi connectivity index (χ1n) is 5.72. The van der Waals surface area contributed by atoms with Crippen LogP contribution in [0.3, 0.4) is 0 Å². The van der Waals surface area contributed by atoms with E-state index < -0.39 is 0 Å². The molecule has 0 aliphatic heterocycles. The number of rotatable bonds is 8. The van der Waals surface area contributed by atoms with Crippen molar-refractivity contribution in [1.82, 2.24) is 5.32 Å². The Morgan fingerprint density at radius 3 is 2.53 bits per heavy atom. The molecule has 0 aliphatic rings. The first-order chi connectivity index (χ1) is 8.31. The van der Waals surface area contributed by atoms with Gasteiger partial charge >= 0.3 is 0 Å². The molecule has 96 valence electrons. The van der Waals surface area contributed by atoms with E-state index in [-0.39, 0.29) is 0 Å². The maximum absolute atomic E-state index is 5.27. The summed E-state index contributed by atoms with van der Waals surface area (Å²) in [5, 5.41) is 3.41. The Labute approximate surface area is 108 Å². The van der Waals surface area contributed by atoms with Gasteiger partial charge in [0, 0.05) is 12.3 Å². The number of thioether (sulfide) groups is 1. The summed E-state index contributed by atoms with van der Waals surface area (Å²) in [6.07, 6.45) is 3.13. The highest BCUT2D eigenvalue weighted by atomic mass is 32.2. The van der Waals surface area contributed by atoms with E-state index in [1.54, 1.807) is 14.2 Å². The number of ether oxygens (including phenoxy) is 2. The molecule has 0 saturated heterocycles. The van der Waals surface area contributed by atoms with Gasteiger partial charge < -0.3 is 14.8 Å². The average Bonchev–Trinajstić information content (AvgIpc) is 2.38. The van der Waals surface area contributed by atoms with Gasteiger partial charge in [-0.15, -0.1) is 0 Å². The minimum atomic E-state index is 0.784. The molecule has 3 nitrogen and oxygen atoms in total. The molecule has 1 aromatic rings. The molecular weight excluding hydrogens is 234 g/mol. The van der Waals surface area contributed by atoms with Crippen LogP contribution >= 0.6 is 11.8 Å². The number of hydrogen-bond acceptors (Lipinski definition) is 4. The normalized spacial score (nSPS) is 10.3. The van der Waals surface area contributed by atoms with Gasteiger partial charge in [0.05, 0.1) is 14.2 Å². The highest BCUT2D eigenvalue weighted by Crippen LogP contribution is 2.27. The Bertz CT molecular complexity index is 331. The zero-order valence-corrected chi connectivity index (χ0v) is 11.6. The van der Waals surface area contributed by atoms with Crippen molar-refractivity contribution < 1.29 is 9.47 Å². The van der Waals surface area contributed by atoms with E-state index in [1.165, 1.54) is 5.56 Å². The van der Waals surface area contributed by atoms with Gasteiger partial charge in [-0.1, -0.05) is 6.07 Å². The van der Waals surface area contributed by atoms with Crippen LogP contribution in [0.25, 0.3) is 0 Å². The smallest absolute Gasteiger partial charge is 0.160 e. The lowest BCUT2D eigenvalue weighted by Gasteiger charge is -2.09. The fraction of sp³-hybridized carbons (Fsp3) is 0.538. The molecule has 17 heavy (non-hydrogen) atoms. The van der Waals surface area contributed by atoms with Crippen molar-refractivity contribution in [2.75, 3.05) is 39.3 Å². The summed E-state index contributed by atoms with van der Waals surface area (Å²) in [4.78, 5) is 0. The van der Waals surface area contributed by atoms with Gasteiger partial charge in [0.15, 0.2) is 11.5 Å². The first-order valence-corrected chi connectivity index (χ1v) is 7.11. The monoisotopic (exact) mass is 255 g/mol. The Hall–Kier alpha value is -0.870. The second-order valence-corrected chi connectivity index (χ2v) is 4.67. The van der Waals surface area contributed by atoms with Crippen molar-refractivity contribution in [3.8, 4) is 11.5 Å². The standard InChI is InChI=1S/C13H21NO2S/c1-15-12-5-4-11(10-13(12)16-2)6-7-14-8-9-17-3/h4-5,10,14H,6-9H2,1-3H3. The van der Waals surface area contributed by atoms with Crippen molar-refractivity contribution >= 4 is 11.8 Å². The topological polar surface area (TPSA) is 30.5 Å². The Balaban J connectivity index is 2.43. The van der Waals surface area contributed by atoms with E-state index in [0.717, 1.165) is 36.8 Å². The molecule has 0 bridgehead atoms. The molecule has 0 unspecified atom stereocenters. The van der Waals surface area contributed by atoms with Crippen LogP contribution in [0.1, 0.15) is 5.56 Å².